The van der Waals surface area contributed by atoms with Gasteiger partial charge < -0.3 is 4.74 Å². The van der Waals surface area contributed by atoms with Crippen molar-refractivity contribution in [2.75, 3.05) is 0 Å². The summed E-state index contributed by atoms with van der Waals surface area (Å²) in [4.78, 5) is 0. The molecular weight excluding hydrogens is 260 g/mol. The maximum atomic E-state index is 13.4. The van der Waals surface area contributed by atoms with Crippen molar-refractivity contribution < 1.29 is 22.3 Å². The Bertz CT molecular complexity index is 323. The van der Waals surface area contributed by atoms with Crippen LogP contribution in [0.3, 0.4) is 0 Å². The van der Waals surface area contributed by atoms with E-state index in [2.05, 4.69) is 22.1 Å². The van der Waals surface area contributed by atoms with Gasteiger partial charge in [-0.05, 0) is 24.8 Å². The predicted octanol–water partition coefficient (Wildman–Crippen LogP) is 3.55. The van der Waals surface area contributed by atoms with Gasteiger partial charge in [-0.1, -0.05) is 12.2 Å². The molecule has 1 N–H and O–H groups in total. The fraction of sp³-hybridized carbons (Fsp3) is 0.667. The Balaban J connectivity index is 2.69. The van der Waals surface area contributed by atoms with Gasteiger partial charge in [-0.3, -0.25) is 0 Å². The van der Waals surface area contributed by atoms with Crippen LogP contribution in [0.1, 0.15) is 12.8 Å². The fourth-order valence-electron chi connectivity index (χ4n) is 1.64. The van der Waals surface area contributed by atoms with Gasteiger partial charge in [0, 0.05) is 5.37 Å². The quantitative estimate of drug-likeness (QED) is 0.482. The molecule has 1 rings (SSSR count). The van der Waals surface area contributed by atoms with E-state index in [1.54, 1.807) is 0 Å². The molecule has 3 atom stereocenters. The molecule has 0 radical (unpaired) electrons. The predicted molar refractivity (Wildman–Crippen MR) is 55.4 cm³/mol. The molecule has 0 aromatic heterocycles. The van der Waals surface area contributed by atoms with E-state index < -0.39 is 24.3 Å². The van der Waals surface area contributed by atoms with E-state index in [1.807, 2.05) is 0 Å². The number of rotatable bonds is 4. The second-order valence-corrected chi connectivity index (χ2v) is 3.88. The molecule has 0 saturated heterocycles. The lowest BCUT2D eigenvalue weighted by atomic mass is 9.87. The molecule has 17 heavy (non-hydrogen) atoms. The molecule has 3 nitrogen and oxygen atoms in total. The molecule has 0 aromatic carbocycles. The summed E-state index contributed by atoms with van der Waals surface area (Å²) in [5.74, 6) is -1.11. The van der Waals surface area contributed by atoms with E-state index in [0.29, 0.717) is 0 Å². The molecule has 0 aromatic rings. The van der Waals surface area contributed by atoms with E-state index in [4.69, 9.17) is 5.53 Å². The summed E-state index contributed by atoms with van der Waals surface area (Å²) in [5, 5.41) is 4.41. The van der Waals surface area contributed by atoms with Gasteiger partial charge >= 0.3 is 6.36 Å². The summed E-state index contributed by atoms with van der Waals surface area (Å²) >= 11 is 4.62. The van der Waals surface area contributed by atoms with E-state index in [0.717, 1.165) is 6.08 Å². The molecule has 0 amide bonds. The number of thiocarbonyl (C=S) groups is 1. The first-order chi connectivity index (χ1) is 7.87. The van der Waals surface area contributed by atoms with Crippen LogP contribution in [0, 0.1) is 11.4 Å². The van der Waals surface area contributed by atoms with Gasteiger partial charge in [0.1, 0.15) is 11.8 Å². The number of hydrogen-bond donors (Lipinski definition) is 1. The minimum Gasteiger partial charge on any atom is -0.408 e. The zero-order valence-electron chi connectivity index (χ0n) is 8.58. The Morgan fingerprint density at radius 1 is 1.59 bits per heavy atom. The number of nitrogens with zero attached hydrogens (tertiary/aromatic N) is 1. The lowest BCUT2D eigenvalue weighted by Gasteiger charge is -2.27. The molecule has 0 spiro atoms. The third kappa shape index (κ3) is 4.03. The lowest BCUT2D eigenvalue weighted by molar-refractivity contribution is -0.309. The van der Waals surface area contributed by atoms with Gasteiger partial charge in [-0.25, -0.2) is 9.92 Å². The van der Waals surface area contributed by atoms with Crippen molar-refractivity contribution in [2.45, 2.75) is 31.4 Å². The second kappa shape index (κ2) is 5.52. The smallest absolute Gasteiger partial charge is 0.408 e. The summed E-state index contributed by atoms with van der Waals surface area (Å²) in [6.45, 7) is 0. The van der Waals surface area contributed by atoms with Gasteiger partial charge in [-0.15, -0.1) is 13.2 Å². The summed E-state index contributed by atoms with van der Waals surface area (Å²) < 4.78 is 52.7. The van der Waals surface area contributed by atoms with E-state index in [1.165, 1.54) is 5.37 Å². The average molecular weight is 270 g/mol. The first kappa shape index (κ1) is 14.0. The maximum Gasteiger partial charge on any atom is 0.572 e. The molecule has 1 aliphatic rings. The fourth-order valence-corrected chi connectivity index (χ4v) is 1.92. The molecule has 0 heterocycles. The van der Waals surface area contributed by atoms with Crippen molar-refractivity contribution in [1.82, 2.24) is 0 Å². The second-order valence-electron chi connectivity index (χ2n) is 3.61. The molecule has 0 bridgehead atoms. The molecule has 3 unspecified atom stereocenters. The highest BCUT2D eigenvalue weighted by atomic mass is 32.1. The summed E-state index contributed by atoms with van der Waals surface area (Å²) in [7, 11) is 0. The summed E-state index contributed by atoms with van der Waals surface area (Å²) in [5.41, 5.74) is 6.83. The van der Waals surface area contributed by atoms with E-state index in [9.17, 15) is 17.6 Å². The van der Waals surface area contributed by atoms with E-state index in [-0.39, 0.29) is 18.8 Å². The van der Waals surface area contributed by atoms with Gasteiger partial charge in [0.25, 0.3) is 0 Å². The Morgan fingerprint density at radius 2 is 2.24 bits per heavy atom. The first-order valence-corrected chi connectivity index (χ1v) is 5.26. The number of halogens is 4. The standard InChI is InChI=1S/C9H10F4N2OS/c10-6-3-5(7(4-17)15-14)1-2-8(6)16-9(11,12)13/h2,4-7,14H,1,3H2. The molecule has 0 aliphatic heterocycles. The SMILES string of the molecule is N=NC(C=S)C1CC=C(OC(F)(F)F)C(F)C1. The van der Waals surface area contributed by atoms with Crippen LogP contribution in [-0.2, 0) is 4.74 Å². The Kier molecular flexibility index (Phi) is 4.55. The lowest BCUT2D eigenvalue weighted by Crippen LogP contribution is -2.29. The van der Waals surface area contributed by atoms with Crippen LogP contribution in [0.2, 0.25) is 0 Å². The van der Waals surface area contributed by atoms with Crippen molar-refractivity contribution in [3.63, 3.8) is 0 Å². The molecule has 8 heteroatoms. The summed E-state index contributed by atoms with van der Waals surface area (Å²) in [6, 6.07) is -0.646. The minimum absolute atomic E-state index is 0.159. The van der Waals surface area contributed by atoms with Crippen LogP contribution in [0.25, 0.3) is 0 Å². The van der Waals surface area contributed by atoms with Crippen LogP contribution < -0.4 is 0 Å². The zero-order valence-corrected chi connectivity index (χ0v) is 9.39. The third-order valence-electron chi connectivity index (χ3n) is 2.45. The number of nitrogens with one attached hydrogen (secondary N) is 1. The first-order valence-electron chi connectivity index (χ1n) is 4.79. The topological polar surface area (TPSA) is 45.4 Å². The van der Waals surface area contributed by atoms with Crippen LogP contribution >= 0.6 is 12.2 Å². The van der Waals surface area contributed by atoms with Crippen molar-refractivity contribution in [3.05, 3.63) is 11.8 Å². The van der Waals surface area contributed by atoms with Gasteiger partial charge in [0.2, 0.25) is 0 Å². The van der Waals surface area contributed by atoms with Gasteiger partial charge in [0.15, 0.2) is 6.17 Å². The monoisotopic (exact) mass is 270 g/mol. The minimum atomic E-state index is -4.88. The molecule has 96 valence electrons. The van der Waals surface area contributed by atoms with Crippen LogP contribution in [0.15, 0.2) is 16.9 Å². The van der Waals surface area contributed by atoms with Gasteiger partial charge in [-0.2, -0.15) is 5.11 Å². The van der Waals surface area contributed by atoms with Crippen LogP contribution in [0.4, 0.5) is 17.6 Å². The Hall–Kier alpha value is -1.05. The van der Waals surface area contributed by atoms with Crippen molar-refractivity contribution in [1.29, 1.82) is 5.53 Å². The largest absolute Gasteiger partial charge is 0.572 e. The number of ether oxygens (including phenoxy) is 1. The van der Waals surface area contributed by atoms with Crippen molar-refractivity contribution >= 4 is 17.6 Å². The highest BCUT2D eigenvalue weighted by Gasteiger charge is 2.37. The Morgan fingerprint density at radius 3 is 2.65 bits per heavy atom. The number of alkyl halides is 4. The zero-order chi connectivity index (χ0) is 13.1. The molecule has 0 saturated carbocycles. The maximum absolute atomic E-state index is 13.4. The number of allylic oxidation sites excluding steroid dienone is 2. The Labute approximate surface area is 100 Å². The van der Waals surface area contributed by atoms with E-state index >= 15 is 0 Å². The molecular formula is C9H10F4N2OS. The average Bonchev–Trinajstić information content (AvgIpc) is 2.22. The normalized spacial score (nSPS) is 26.9. The summed E-state index contributed by atoms with van der Waals surface area (Å²) in [6.07, 6.45) is -5.70. The number of hydrogen-bond acceptors (Lipinski definition) is 4. The highest BCUT2D eigenvalue weighted by Crippen LogP contribution is 2.33. The highest BCUT2D eigenvalue weighted by molar-refractivity contribution is 7.79. The van der Waals surface area contributed by atoms with Crippen LogP contribution in [0.5, 0.6) is 0 Å². The molecule has 1 aliphatic carbocycles. The van der Waals surface area contributed by atoms with Gasteiger partial charge in [0.05, 0.1) is 0 Å². The molecule has 0 fully saturated rings. The van der Waals surface area contributed by atoms with Crippen molar-refractivity contribution in [2.24, 2.45) is 11.0 Å². The van der Waals surface area contributed by atoms with Crippen molar-refractivity contribution in [3.8, 4) is 0 Å². The third-order valence-corrected chi connectivity index (χ3v) is 2.72. The van der Waals surface area contributed by atoms with Crippen LogP contribution in [-0.4, -0.2) is 23.9 Å².